The van der Waals surface area contributed by atoms with Crippen LogP contribution < -0.4 is 5.73 Å². The van der Waals surface area contributed by atoms with E-state index in [1.54, 1.807) is 6.92 Å². The summed E-state index contributed by atoms with van der Waals surface area (Å²) >= 11 is 0. The molecule has 2 aromatic rings. The molecule has 0 bridgehead atoms. The summed E-state index contributed by atoms with van der Waals surface area (Å²) in [6.07, 6.45) is 5.45. The van der Waals surface area contributed by atoms with Gasteiger partial charge in [0.25, 0.3) is 0 Å². The van der Waals surface area contributed by atoms with E-state index in [1.807, 2.05) is 6.07 Å². The molecule has 2 fully saturated rings. The van der Waals surface area contributed by atoms with Crippen LogP contribution in [0.4, 0.5) is 10.3 Å². The maximum absolute atomic E-state index is 13.6. The Labute approximate surface area is 118 Å². The zero-order valence-electron chi connectivity index (χ0n) is 11.8. The van der Waals surface area contributed by atoms with Gasteiger partial charge in [-0.2, -0.15) is 0 Å². The first-order valence-electron chi connectivity index (χ1n) is 7.55. The molecule has 0 unspecified atom stereocenters. The number of halogens is 1. The zero-order chi connectivity index (χ0) is 13.9. The van der Waals surface area contributed by atoms with E-state index in [9.17, 15) is 4.39 Å². The first kappa shape index (κ1) is 12.2. The molecule has 0 spiro atoms. The molecule has 20 heavy (non-hydrogen) atoms. The molecule has 1 aromatic carbocycles. The molecule has 2 N–H and O–H groups in total. The highest BCUT2D eigenvalue weighted by Crippen LogP contribution is 2.50. The van der Waals surface area contributed by atoms with Gasteiger partial charge in [-0.25, -0.2) is 9.37 Å². The predicted molar refractivity (Wildman–Crippen MR) is 77.8 cm³/mol. The molecule has 0 saturated heterocycles. The van der Waals surface area contributed by atoms with Gasteiger partial charge in [0, 0.05) is 12.6 Å². The number of anilines is 1. The first-order chi connectivity index (χ1) is 9.63. The number of imidazole rings is 1. The van der Waals surface area contributed by atoms with Crippen LogP contribution in [0.5, 0.6) is 0 Å². The molecule has 0 aliphatic heterocycles. The number of hydrogen-bond donors (Lipinski definition) is 1. The largest absolute Gasteiger partial charge is 0.369 e. The third-order valence-corrected chi connectivity index (χ3v) is 4.91. The van der Waals surface area contributed by atoms with Crippen molar-refractivity contribution in [2.75, 3.05) is 5.73 Å². The average Bonchev–Trinajstić information content (AvgIpc) is 3.28. The smallest absolute Gasteiger partial charge is 0.201 e. The average molecular weight is 273 g/mol. The van der Waals surface area contributed by atoms with Crippen molar-refractivity contribution >= 4 is 17.0 Å². The van der Waals surface area contributed by atoms with Gasteiger partial charge in [-0.3, -0.25) is 0 Å². The molecule has 0 radical (unpaired) electrons. The molecule has 2 aliphatic carbocycles. The van der Waals surface area contributed by atoms with Crippen LogP contribution in [0.15, 0.2) is 12.1 Å². The monoisotopic (exact) mass is 273 g/mol. The van der Waals surface area contributed by atoms with E-state index in [1.165, 1.54) is 31.7 Å². The number of fused-ring (bicyclic) bond motifs is 1. The van der Waals surface area contributed by atoms with Gasteiger partial charge in [0.15, 0.2) is 0 Å². The second kappa shape index (κ2) is 4.21. The molecular formula is C16H20FN3. The predicted octanol–water partition coefficient (Wildman–Crippen LogP) is 3.50. The van der Waals surface area contributed by atoms with E-state index in [0.29, 0.717) is 17.0 Å². The third kappa shape index (κ3) is 1.98. The summed E-state index contributed by atoms with van der Waals surface area (Å²) in [6, 6.07) is 3.38. The summed E-state index contributed by atoms with van der Waals surface area (Å²) in [6.45, 7) is 2.74. The van der Waals surface area contributed by atoms with Crippen LogP contribution in [-0.2, 0) is 6.54 Å². The van der Waals surface area contributed by atoms with Gasteiger partial charge in [0.2, 0.25) is 5.95 Å². The molecule has 1 aromatic heterocycles. The maximum Gasteiger partial charge on any atom is 0.201 e. The first-order valence-corrected chi connectivity index (χ1v) is 7.55. The van der Waals surface area contributed by atoms with E-state index in [-0.39, 0.29) is 5.82 Å². The number of nitrogen functional groups attached to an aromatic ring is 1. The Balaban J connectivity index is 1.74. The van der Waals surface area contributed by atoms with Gasteiger partial charge >= 0.3 is 0 Å². The van der Waals surface area contributed by atoms with E-state index >= 15 is 0 Å². The number of rotatable bonds is 4. The molecule has 1 heterocycles. The Morgan fingerprint density at radius 2 is 1.95 bits per heavy atom. The van der Waals surface area contributed by atoms with E-state index < -0.39 is 0 Å². The summed E-state index contributed by atoms with van der Waals surface area (Å²) in [5.41, 5.74) is 8.39. The molecular weight excluding hydrogens is 253 g/mol. The van der Waals surface area contributed by atoms with Gasteiger partial charge in [-0.15, -0.1) is 0 Å². The summed E-state index contributed by atoms with van der Waals surface area (Å²) in [5.74, 6) is 2.81. The van der Waals surface area contributed by atoms with E-state index in [0.717, 1.165) is 29.8 Å². The van der Waals surface area contributed by atoms with Crippen molar-refractivity contribution in [2.45, 2.75) is 39.2 Å². The van der Waals surface area contributed by atoms with E-state index in [2.05, 4.69) is 9.55 Å². The second-order valence-corrected chi connectivity index (χ2v) is 6.51. The molecule has 4 rings (SSSR count). The van der Waals surface area contributed by atoms with Gasteiger partial charge < -0.3 is 10.3 Å². The van der Waals surface area contributed by atoms with Crippen LogP contribution in [0, 0.1) is 30.5 Å². The number of benzene rings is 1. The van der Waals surface area contributed by atoms with Crippen LogP contribution in [0.2, 0.25) is 0 Å². The molecule has 0 atom stereocenters. The topological polar surface area (TPSA) is 43.8 Å². The highest BCUT2D eigenvalue weighted by atomic mass is 19.1. The number of hydrogen-bond acceptors (Lipinski definition) is 2. The molecule has 2 aliphatic rings. The Morgan fingerprint density at radius 3 is 2.55 bits per heavy atom. The minimum absolute atomic E-state index is 0.205. The van der Waals surface area contributed by atoms with Gasteiger partial charge in [-0.1, -0.05) is 0 Å². The zero-order valence-corrected chi connectivity index (χ0v) is 11.8. The van der Waals surface area contributed by atoms with Crippen molar-refractivity contribution in [3.63, 3.8) is 0 Å². The molecule has 0 amide bonds. The molecule has 106 valence electrons. The Bertz CT molecular complexity index is 656. The number of nitrogens with two attached hydrogens (primary N) is 1. The SMILES string of the molecule is Cc1cc2c(cc1F)nc(N)n2CC(C1CC1)C1CC1. The van der Waals surface area contributed by atoms with Gasteiger partial charge in [0.05, 0.1) is 11.0 Å². The highest BCUT2D eigenvalue weighted by Gasteiger charge is 2.41. The standard InChI is InChI=1S/C16H20FN3/c1-9-6-15-14(7-13(9)17)19-16(18)20(15)8-12(10-2-3-10)11-4-5-11/h6-7,10-12H,2-5,8H2,1H3,(H2,18,19). The minimum atomic E-state index is -0.205. The van der Waals surface area contributed by atoms with Crippen LogP contribution in [0.1, 0.15) is 31.2 Å². The van der Waals surface area contributed by atoms with Crippen molar-refractivity contribution in [3.8, 4) is 0 Å². The van der Waals surface area contributed by atoms with Crippen molar-refractivity contribution < 1.29 is 4.39 Å². The van der Waals surface area contributed by atoms with Crippen LogP contribution in [0.3, 0.4) is 0 Å². The maximum atomic E-state index is 13.6. The Kier molecular flexibility index (Phi) is 2.56. The second-order valence-electron chi connectivity index (χ2n) is 6.51. The number of aryl methyl sites for hydroxylation is 1. The number of aromatic nitrogens is 2. The lowest BCUT2D eigenvalue weighted by molar-refractivity contribution is 0.355. The van der Waals surface area contributed by atoms with Crippen molar-refractivity contribution in [1.82, 2.24) is 9.55 Å². The van der Waals surface area contributed by atoms with Crippen molar-refractivity contribution in [2.24, 2.45) is 17.8 Å². The Hall–Kier alpha value is -1.58. The van der Waals surface area contributed by atoms with Crippen molar-refractivity contribution in [1.29, 1.82) is 0 Å². The molecule has 3 nitrogen and oxygen atoms in total. The summed E-state index contributed by atoms with van der Waals surface area (Å²) < 4.78 is 15.7. The van der Waals surface area contributed by atoms with Crippen LogP contribution in [-0.4, -0.2) is 9.55 Å². The molecule has 2 saturated carbocycles. The minimum Gasteiger partial charge on any atom is -0.369 e. The highest BCUT2D eigenvalue weighted by molar-refractivity contribution is 5.79. The molecule has 4 heteroatoms. The number of nitrogens with zero attached hydrogens (tertiary/aromatic N) is 2. The lowest BCUT2D eigenvalue weighted by atomic mass is 9.98. The van der Waals surface area contributed by atoms with Gasteiger partial charge in [0.1, 0.15) is 5.82 Å². The quantitative estimate of drug-likeness (QED) is 0.926. The fraction of sp³-hybridized carbons (Fsp3) is 0.562. The lowest BCUT2D eigenvalue weighted by Crippen LogP contribution is -2.16. The summed E-state index contributed by atoms with van der Waals surface area (Å²) in [7, 11) is 0. The summed E-state index contributed by atoms with van der Waals surface area (Å²) in [5, 5.41) is 0. The fourth-order valence-corrected chi connectivity index (χ4v) is 3.40. The van der Waals surface area contributed by atoms with Crippen molar-refractivity contribution in [3.05, 3.63) is 23.5 Å². The lowest BCUT2D eigenvalue weighted by Gasteiger charge is -2.17. The third-order valence-electron chi connectivity index (χ3n) is 4.91. The van der Waals surface area contributed by atoms with Crippen LogP contribution >= 0.6 is 0 Å². The van der Waals surface area contributed by atoms with Gasteiger partial charge in [-0.05, 0) is 62.0 Å². The van der Waals surface area contributed by atoms with E-state index in [4.69, 9.17) is 5.73 Å². The summed E-state index contributed by atoms with van der Waals surface area (Å²) in [4.78, 5) is 4.33. The normalized spacial score (nSPS) is 19.1. The Morgan fingerprint density at radius 1 is 1.30 bits per heavy atom. The van der Waals surface area contributed by atoms with Crippen LogP contribution in [0.25, 0.3) is 11.0 Å². The fourth-order valence-electron chi connectivity index (χ4n) is 3.40.